The van der Waals surface area contributed by atoms with Gasteiger partial charge in [0, 0.05) is 28.2 Å². The minimum absolute atomic E-state index is 0.0904. The fourth-order valence-electron chi connectivity index (χ4n) is 3.81. The van der Waals surface area contributed by atoms with Crippen LogP contribution in [0.2, 0.25) is 0 Å². The normalized spacial score (nSPS) is 16.4. The Bertz CT molecular complexity index is 1140. The lowest BCUT2D eigenvalue weighted by molar-refractivity contribution is 0.269. The molecule has 0 saturated heterocycles. The van der Waals surface area contributed by atoms with E-state index in [1.807, 2.05) is 0 Å². The zero-order chi connectivity index (χ0) is 21.6. The van der Waals surface area contributed by atoms with Gasteiger partial charge in [0.25, 0.3) is 0 Å². The van der Waals surface area contributed by atoms with E-state index in [1.54, 1.807) is 11.0 Å². The van der Waals surface area contributed by atoms with Gasteiger partial charge >= 0.3 is 0 Å². The van der Waals surface area contributed by atoms with E-state index < -0.39 is 12.7 Å². The number of aromatic amines is 1. The van der Waals surface area contributed by atoms with Gasteiger partial charge in [0.05, 0.1) is 12.6 Å². The number of H-pyrrole nitrogens is 1. The molecule has 140 valence electrons. The Labute approximate surface area is 159 Å². The lowest BCUT2D eigenvalue weighted by Crippen LogP contribution is -2.30. The number of nitrogens with one attached hydrogen (secondary N) is 1. The van der Waals surface area contributed by atoms with Gasteiger partial charge in [-0.2, -0.15) is 0 Å². The molecule has 3 aromatic rings. The molecule has 1 aliphatic rings. The third-order valence-corrected chi connectivity index (χ3v) is 5.10. The Morgan fingerprint density at radius 2 is 2.22 bits per heavy atom. The highest BCUT2D eigenvalue weighted by molar-refractivity contribution is 6.00. The van der Waals surface area contributed by atoms with E-state index in [4.69, 9.17) is 8.85 Å². The first-order valence-electron chi connectivity index (χ1n) is 10.0. The molecule has 1 aromatic heterocycles. The van der Waals surface area contributed by atoms with Crippen molar-refractivity contribution in [2.24, 2.45) is 5.18 Å². The smallest absolute Gasteiger partial charge is 0.219 e. The van der Waals surface area contributed by atoms with Crippen LogP contribution in [0.3, 0.4) is 0 Å². The second-order valence-electron chi connectivity index (χ2n) is 6.52. The lowest BCUT2D eigenvalue weighted by Gasteiger charge is -2.30. The first-order chi connectivity index (χ1) is 14.2. The summed E-state index contributed by atoms with van der Waals surface area (Å²) >= 11 is 0. The van der Waals surface area contributed by atoms with Gasteiger partial charge in [-0.3, -0.25) is 4.90 Å². The molecule has 0 aliphatic carbocycles. The van der Waals surface area contributed by atoms with Crippen molar-refractivity contribution >= 4 is 16.6 Å². The van der Waals surface area contributed by atoms with Crippen LogP contribution in [0.15, 0.2) is 29.4 Å². The van der Waals surface area contributed by atoms with Gasteiger partial charge in [0.15, 0.2) is 5.69 Å². The molecular weight excluding hydrogens is 349 g/mol. The van der Waals surface area contributed by atoms with Crippen LogP contribution in [0, 0.1) is 10.7 Å². The molecule has 1 aliphatic heterocycles. The maximum absolute atomic E-state index is 14.1. The summed E-state index contributed by atoms with van der Waals surface area (Å²) in [6.45, 7) is -1.40. The summed E-state index contributed by atoms with van der Waals surface area (Å²) in [5.74, 6) is -0.341. The number of halogens is 1. The summed E-state index contributed by atoms with van der Waals surface area (Å²) in [4.78, 5) is 15.9. The van der Waals surface area contributed by atoms with E-state index in [0.29, 0.717) is 47.3 Å². The molecule has 0 bridgehead atoms. The molecule has 7 heteroatoms. The van der Waals surface area contributed by atoms with Crippen LogP contribution >= 0.6 is 0 Å². The standard InChI is InChI=1S/C20H20FN3O3/c1-3-24-7-6-12-13(14-8-11(21)4-5-17(14)27-2)9-15-18(16(12)10-24)22-20(25)19(15)23-26/h4-5,8-9,22,25H,3,6-7,10H2,1-2H3/i1T3. The monoisotopic (exact) mass is 375 g/mol. The van der Waals surface area contributed by atoms with Gasteiger partial charge in [-0.1, -0.05) is 6.85 Å². The van der Waals surface area contributed by atoms with Crippen LogP contribution < -0.4 is 4.74 Å². The average Bonchev–Trinajstić information content (AvgIpc) is 3.01. The molecule has 2 N–H and O–H groups in total. The summed E-state index contributed by atoms with van der Waals surface area (Å²) in [6, 6.07) is 5.87. The van der Waals surface area contributed by atoms with Gasteiger partial charge in [-0.05, 0) is 59.1 Å². The van der Waals surface area contributed by atoms with Crippen LogP contribution in [-0.2, 0) is 13.0 Å². The van der Waals surface area contributed by atoms with Crippen molar-refractivity contribution < 1.29 is 18.3 Å². The highest BCUT2D eigenvalue weighted by Crippen LogP contribution is 2.44. The molecule has 0 radical (unpaired) electrons. The molecule has 0 unspecified atom stereocenters. The van der Waals surface area contributed by atoms with Crippen molar-refractivity contribution in [3.05, 3.63) is 46.1 Å². The fraction of sp³-hybridized carbons (Fsp3) is 0.300. The van der Waals surface area contributed by atoms with Gasteiger partial charge in [0.1, 0.15) is 11.6 Å². The first kappa shape index (κ1) is 14.2. The van der Waals surface area contributed by atoms with Gasteiger partial charge in [0.2, 0.25) is 5.88 Å². The number of aromatic hydroxyl groups is 1. The summed E-state index contributed by atoms with van der Waals surface area (Å²) < 4.78 is 42.2. The van der Waals surface area contributed by atoms with E-state index >= 15 is 0 Å². The molecule has 27 heavy (non-hydrogen) atoms. The van der Waals surface area contributed by atoms with Crippen molar-refractivity contribution in [2.75, 3.05) is 20.2 Å². The third-order valence-electron chi connectivity index (χ3n) is 5.10. The van der Waals surface area contributed by atoms with Crippen molar-refractivity contribution in [3.8, 4) is 22.8 Å². The number of methoxy groups -OCH3 is 1. The number of nitroso groups, excluding NO2 is 1. The number of nitrogens with zero attached hydrogens (tertiary/aromatic N) is 2. The second kappa shape index (κ2) is 6.66. The zero-order valence-electron chi connectivity index (χ0n) is 17.7. The molecular formula is C20H20FN3O3. The molecule has 0 amide bonds. The maximum atomic E-state index is 14.1. The number of ether oxygens (including phenoxy) is 1. The predicted octanol–water partition coefficient (Wildman–Crippen LogP) is 4.46. The van der Waals surface area contributed by atoms with Gasteiger partial charge < -0.3 is 14.8 Å². The largest absolute Gasteiger partial charge is 0.496 e. The number of aromatic nitrogens is 1. The number of hydrogen-bond acceptors (Lipinski definition) is 5. The van der Waals surface area contributed by atoms with Crippen LogP contribution in [-0.4, -0.2) is 35.2 Å². The molecule has 6 nitrogen and oxygen atoms in total. The summed E-state index contributed by atoms with van der Waals surface area (Å²) in [5.41, 5.74) is 3.17. The molecule has 2 aromatic carbocycles. The Morgan fingerprint density at radius 3 is 2.96 bits per heavy atom. The van der Waals surface area contributed by atoms with E-state index in [1.165, 1.54) is 25.3 Å². The highest BCUT2D eigenvalue weighted by Gasteiger charge is 2.26. The lowest BCUT2D eigenvalue weighted by atomic mass is 9.88. The van der Waals surface area contributed by atoms with Crippen molar-refractivity contribution in [1.82, 2.24) is 9.88 Å². The second-order valence-corrected chi connectivity index (χ2v) is 6.52. The fourth-order valence-corrected chi connectivity index (χ4v) is 3.81. The minimum atomic E-state index is -2.12. The van der Waals surface area contributed by atoms with Crippen LogP contribution in [0.4, 0.5) is 10.1 Å². The number of hydrogen-bond donors (Lipinski definition) is 2. The highest BCUT2D eigenvalue weighted by atomic mass is 19.1. The van der Waals surface area contributed by atoms with Gasteiger partial charge in [-0.25, -0.2) is 4.39 Å². The molecule has 0 fully saturated rings. The Morgan fingerprint density at radius 1 is 1.37 bits per heavy atom. The quantitative estimate of drug-likeness (QED) is 0.660. The van der Waals surface area contributed by atoms with E-state index in [9.17, 15) is 14.4 Å². The number of rotatable bonds is 4. The number of likely N-dealkylation sites (N-methyl/N-ethyl adjacent to an activating group) is 1. The number of benzene rings is 2. The summed E-state index contributed by atoms with van der Waals surface area (Å²) in [7, 11) is 1.49. The van der Waals surface area contributed by atoms with Crippen molar-refractivity contribution in [1.29, 1.82) is 0 Å². The maximum Gasteiger partial charge on any atom is 0.219 e. The predicted molar refractivity (Wildman–Crippen MR) is 102 cm³/mol. The third kappa shape index (κ3) is 2.75. The number of fused-ring (bicyclic) bond motifs is 3. The minimum Gasteiger partial charge on any atom is -0.496 e. The Kier molecular flexibility index (Phi) is 3.50. The SMILES string of the molecule is [3H]C([3H])([3H])CN1CCc2c(-c3cc(F)ccc3OC)cc3c(N=O)c(O)[nH]c3c2C1. The van der Waals surface area contributed by atoms with E-state index in [-0.39, 0.29) is 18.1 Å². The van der Waals surface area contributed by atoms with Crippen LogP contribution in [0.1, 0.15) is 22.1 Å². The topological polar surface area (TPSA) is 77.9 Å². The van der Waals surface area contributed by atoms with Crippen molar-refractivity contribution in [2.45, 2.75) is 19.8 Å². The van der Waals surface area contributed by atoms with E-state index in [2.05, 4.69) is 10.2 Å². The molecule has 2 heterocycles. The zero-order valence-corrected chi connectivity index (χ0v) is 14.7. The summed E-state index contributed by atoms with van der Waals surface area (Å²) in [6.07, 6.45) is 0.514. The molecule has 0 saturated carbocycles. The summed E-state index contributed by atoms with van der Waals surface area (Å²) in [5, 5.41) is 13.5. The van der Waals surface area contributed by atoms with Crippen molar-refractivity contribution in [3.63, 3.8) is 0 Å². The van der Waals surface area contributed by atoms with Gasteiger partial charge in [-0.15, -0.1) is 4.91 Å². The van der Waals surface area contributed by atoms with Crippen LogP contribution in [0.5, 0.6) is 11.6 Å². The molecule has 4 rings (SSSR count). The molecule has 0 atom stereocenters. The Balaban J connectivity index is 1.97. The average molecular weight is 375 g/mol. The van der Waals surface area contributed by atoms with Crippen LogP contribution in [0.25, 0.3) is 22.0 Å². The Hall–Kier alpha value is -2.93. The first-order valence-corrected chi connectivity index (χ1v) is 8.51. The molecule has 0 spiro atoms. The van der Waals surface area contributed by atoms with E-state index in [0.717, 1.165) is 11.1 Å².